The first-order valence-corrected chi connectivity index (χ1v) is 9.18. The summed E-state index contributed by atoms with van der Waals surface area (Å²) < 4.78 is 0. The Kier molecular flexibility index (Phi) is 5.97. The molecule has 21 heavy (non-hydrogen) atoms. The topological polar surface area (TPSA) is 57.6 Å². The van der Waals surface area contributed by atoms with Crippen molar-refractivity contribution >= 4 is 23.6 Å². The van der Waals surface area contributed by atoms with Crippen LogP contribution < -0.4 is 0 Å². The van der Waals surface area contributed by atoms with Gasteiger partial charge in [-0.15, -0.1) is 0 Å². The third-order valence-electron chi connectivity index (χ3n) is 5.08. The summed E-state index contributed by atoms with van der Waals surface area (Å²) in [6, 6.07) is 0.388. The van der Waals surface area contributed by atoms with Crippen LogP contribution in [0.3, 0.4) is 0 Å². The lowest BCUT2D eigenvalue weighted by Gasteiger charge is -2.32. The van der Waals surface area contributed by atoms with E-state index in [4.69, 9.17) is 5.11 Å². The maximum absolute atomic E-state index is 12.6. The first kappa shape index (κ1) is 16.7. The molecule has 2 aliphatic rings. The zero-order valence-corrected chi connectivity index (χ0v) is 13.9. The number of carboxylic acid groups (broad SMARTS) is 1. The maximum atomic E-state index is 12.6. The minimum atomic E-state index is -0.704. The Labute approximate surface area is 131 Å². The molecule has 0 aromatic heterocycles. The predicted octanol–water partition coefficient (Wildman–Crippen LogP) is 3.01. The van der Waals surface area contributed by atoms with Gasteiger partial charge in [-0.2, -0.15) is 11.8 Å². The van der Waals surface area contributed by atoms with Gasteiger partial charge >= 0.3 is 5.97 Å². The molecule has 120 valence electrons. The van der Waals surface area contributed by atoms with Crippen LogP contribution in [0.1, 0.15) is 51.9 Å². The zero-order valence-electron chi connectivity index (χ0n) is 13.1. The molecule has 2 saturated carbocycles. The van der Waals surface area contributed by atoms with E-state index in [0.29, 0.717) is 24.1 Å². The molecule has 2 fully saturated rings. The number of carbonyl (C=O) groups is 2. The van der Waals surface area contributed by atoms with Gasteiger partial charge in [-0.05, 0) is 50.7 Å². The minimum Gasteiger partial charge on any atom is -0.481 e. The van der Waals surface area contributed by atoms with Gasteiger partial charge in [0.25, 0.3) is 0 Å². The number of thioether (sulfide) groups is 1. The second-order valence-electron chi connectivity index (χ2n) is 6.38. The Morgan fingerprint density at radius 2 is 1.71 bits per heavy atom. The standard InChI is InChI=1S/C16H27NO3S/c1-3-21-14-9-8-13(10-14)17(2)15(18)11-4-6-12(7-5-11)16(19)20/h11-14H,3-10H2,1-2H3,(H,19,20). The van der Waals surface area contributed by atoms with Crippen molar-refractivity contribution in [3.63, 3.8) is 0 Å². The summed E-state index contributed by atoms with van der Waals surface area (Å²) >= 11 is 2.01. The third-order valence-corrected chi connectivity index (χ3v) is 6.31. The fourth-order valence-corrected chi connectivity index (χ4v) is 4.84. The summed E-state index contributed by atoms with van der Waals surface area (Å²) in [6.07, 6.45) is 6.22. The van der Waals surface area contributed by atoms with E-state index in [1.807, 2.05) is 23.7 Å². The normalized spacial score (nSPS) is 32.9. The van der Waals surface area contributed by atoms with Gasteiger partial charge in [-0.25, -0.2) is 0 Å². The molecule has 1 N–H and O–H groups in total. The number of carboxylic acids is 1. The Morgan fingerprint density at radius 3 is 2.29 bits per heavy atom. The Balaban J connectivity index is 1.82. The van der Waals surface area contributed by atoms with E-state index in [-0.39, 0.29) is 17.7 Å². The van der Waals surface area contributed by atoms with Crippen LogP contribution >= 0.6 is 11.8 Å². The average molecular weight is 313 g/mol. The summed E-state index contributed by atoms with van der Waals surface area (Å²) in [5.74, 6) is 0.490. The van der Waals surface area contributed by atoms with Crippen molar-refractivity contribution in [3.05, 3.63) is 0 Å². The lowest BCUT2D eigenvalue weighted by atomic mass is 9.81. The number of hydrogen-bond donors (Lipinski definition) is 1. The number of nitrogens with zero attached hydrogens (tertiary/aromatic N) is 1. The van der Waals surface area contributed by atoms with Crippen molar-refractivity contribution in [2.24, 2.45) is 11.8 Å². The monoisotopic (exact) mass is 313 g/mol. The number of amides is 1. The molecular weight excluding hydrogens is 286 g/mol. The van der Waals surface area contributed by atoms with Gasteiger partial charge in [-0.1, -0.05) is 6.92 Å². The summed E-state index contributed by atoms with van der Waals surface area (Å²) in [4.78, 5) is 25.5. The van der Waals surface area contributed by atoms with E-state index < -0.39 is 5.97 Å². The summed E-state index contributed by atoms with van der Waals surface area (Å²) in [5, 5.41) is 9.73. The van der Waals surface area contributed by atoms with Crippen LogP contribution in [-0.4, -0.2) is 46.0 Å². The fraction of sp³-hybridized carbons (Fsp3) is 0.875. The van der Waals surface area contributed by atoms with E-state index >= 15 is 0 Å². The Bertz CT molecular complexity index is 380. The molecule has 2 atom stereocenters. The molecule has 2 rings (SSSR count). The molecule has 0 aliphatic heterocycles. The summed E-state index contributed by atoms with van der Waals surface area (Å²) in [7, 11) is 1.94. The second-order valence-corrected chi connectivity index (χ2v) is 7.96. The van der Waals surface area contributed by atoms with E-state index in [9.17, 15) is 9.59 Å². The minimum absolute atomic E-state index is 0.0449. The van der Waals surface area contributed by atoms with Gasteiger partial charge in [0.15, 0.2) is 0 Å². The van der Waals surface area contributed by atoms with E-state index in [0.717, 1.165) is 31.4 Å². The largest absolute Gasteiger partial charge is 0.481 e. The number of carbonyl (C=O) groups excluding carboxylic acids is 1. The number of hydrogen-bond acceptors (Lipinski definition) is 3. The highest BCUT2D eigenvalue weighted by atomic mass is 32.2. The highest BCUT2D eigenvalue weighted by molar-refractivity contribution is 7.99. The molecule has 0 aromatic rings. The van der Waals surface area contributed by atoms with E-state index in [1.165, 1.54) is 6.42 Å². The van der Waals surface area contributed by atoms with Crippen LogP contribution in [0, 0.1) is 11.8 Å². The van der Waals surface area contributed by atoms with Crippen molar-refractivity contribution in [1.29, 1.82) is 0 Å². The molecule has 0 radical (unpaired) electrons. The van der Waals surface area contributed by atoms with Crippen molar-refractivity contribution in [1.82, 2.24) is 4.90 Å². The molecule has 5 heteroatoms. The van der Waals surface area contributed by atoms with Crippen LogP contribution in [0.5, 0.6) is 0 Å². The van der Waals surface area contributed by atoms with Crippen molar-refractivity contribution in [3.8, 4) is 0 Å². The number of aliphatic carboxylic acids is 1. The molecule has 2 unspecified atom stereocenters. The molecule has 0 saturated heterocycles. The van der Waals surface area contributed by atoms with E-state index in [1.54, 1.807) is 0 Å². The van der Waals surface area contributed by atoms with Crippen LogP contribution in [0.25, 0.3) is 0 Å². The van der Waals surface area contributed by atoms with Crippen LogP contribution in [0.2, 0.25) is 0 Å². The fourth-order valence-electron chi connectivity index (χ4n) is 3.71. The van der Waals surface area contributed by atoms with Gasteiger partial charge in [0.2, 0.25) is 5.91 Å². The molecule has 0 aromatic carbocycles. The lowest BCUT2D eigenvalue weighted by molar-refractivity contribution is -0.145. The first-order valence-electron chi connectivity index (χ1n) is 8.14. The molecule has 4 nitrogen and oxygen atoms in total. The lowest BCUT2D eigenvalue weighted by Crippen LogP contribution is -2.41. The predicted molar refractivity (Wildman–Crippen MR) is 85.4 cm³/mol. The SMILES string of the molecule is CCSC1CCC(N(C)C(=O)C2CCC(C(=O)O)CC2)C1. The zero-order chi connectivity index (χ0) is 15.4. The number of rotatable bonds is 5. The van der Waals surface area contributed by atoms with Crippen molar-refractivity contribution in [2.45, 2.75) is 63.2 Å². The average Bonchev–Trinajstić information content (AvgIpc) is 2.95. The van der Waals surface area contributed by atoms with Crippen molar-refractivity contribution in [2.75, 3.05) is 12.8 Å². The smallest absolute Gasteiger partial charge is 0.306 e. The quantitative estimate of drug-likeness (QED) is 0.847. The molecular formula is C16H27NO3S. The molecule has 0 bridgehead atoms. The maximum Gasteiger partial charge on any atom is 0.306 e. The van der Waals surface area contributed by atoms with E-state index in [2.05, 4.69) is 6.92 Å². The molecule has 0 spiro atoms. The highest BCUT2D eigenvalue weighted by Gasteiger charge is 2.35. The van der Waals surface area contributed by atoms with Gasteiger partial charge < -0.3 is 10.0 Å². The van der Waals surface area contributed by atoms with Gasteiger partial charge in [0.05, 0.1) is 5.92 Å². The highest BCUT2D eigenvalue weighted by Crippen LogP contribution is 2.35. The Morgan fingerprint density at radius 1 is 1.10 bits per heavy atom. The van der Waals surface area contributed by atoms with Gasteiger partial charge in [0.1, 0.15) is 0 Å². The molecule has 1 amide bonds. The van der Waals surface area contributed by atoms with Crippen LogP contribution in [0.4, 0.5) is 0 Å². The second kappa shape index (κ2) is 7.52. The van der Waals surface area contributed by atoms with Crippen LogP contribution in [0.15, 0.2) is 0 Å². The molecule has 2 aliphatic carbocycles. The summed E-state index contributed by atoms with van der Waals surface area (Å²) in [5.41, 5.74) is 0. The molecule has 0 heterocycles. The van der Waals surface area contributed by atoms with Gasteiger partial charge in [-0.3, -0.25) is 9.59 Å². The third kappa shape index (κ3) is 4.15. The van der Waals surface area contributed by atoms with Gasteiger partial charge in [0, 0.05) is 24.3 Å². The van der Waals surface area contributed by atoms with Crippen molar-refractivity contribution < 1.29 is 14.7 Å². The van der Waals surface area contributed by atoms with Crippen LogP contribution in [-0.2, 0) is 9.59 Å². The summed E-state index contributed by atoms with van der Waals surface area (Å²) in [6.45, 7) is 2.19. The Hall–Kier alpha value is -0.710. The first-order chi connectivity index (χ1) is 10.0.